The van der Waals surface area contributed by atoms with E-state index in [0.717, 1.165) is 10.9 Å². The maximum atomic E-state index is 12.8. The van der Waals surface area contributed by atoms with E-state index < -0.39 is 16.8 Å². The molecule has 0 fully saturated rings. The number of rotatable bonds is 7. The molecule has 0 atom stereocenters. The lowest BCUT2D eigenvalue weighted by molar-refractivity contribution is -0.384. The predicted molar refractivity (Wildman–Crippen MR) is 114 cm³/mol. The van der Waals surface area contributed by atoms with E-state index in [9.17, 15) is 24.8 Å². The van der Waals surface area contributed by atoms with E-state index in [1.54, 1.807) is 12.1 Å². The Morgan fingerprint density at radius 2 is 1.91 bits per heavy atom. The lowest BCUT2D eigenvalue weighted by Crippen LogP contribution is -2.19. The number of carbonyl (C=O) groups is 2. The number of anilines is 1. The van der Waals surface area contributed by atoms with Crippen molar-refractivity contribution in [1.82, 2.24) is 30.7 Å². The first-order valence-electron chi connectivity index (χ1n) is 9.31. The van der Waals surface area contributed by atoms with Crippen molar-refractivity contribution in [2.75, 3.05) is 5.73 Å². The maximum absolute atomic E-state index is 12.8. The molecule has 2 aromatic carbocycles. The second kappa shape index (κ2) is 8.95. The van der Waals surface area contributed by atoms with Crippen molar-refractivity contribution in [2.24, 2.45) is 5.10 Å². The normalized spacial score (nSPS) is 10.9. The Labute approximate surface area is 188 Å². The number of amides is 1. The van der Waals surface area contributed by atoms with Gasteiger partial charge in [0.2, 0.25) is 11.6 Å². The van der Waals surface area contributed by atoms with Gasteiger partial charge in [0.1, 0.15) is 5.69 Å². The summed E-state index contributed by atoms with van der Waals surface area (Å²) >= 11 is 0. The molecule has 0 aliphatic rings. The van der Waals surface area contributed by atoms with E-state index in [0.29, 0.717) is 5.56 Å². The monoisotopic (exact) mass is 463 g/mol. The van der Waals surface area contributed by atoms with E-state index in [4.69, 9.17) is 5.73 Å². The molecule has 34 heavy (non-hydrogen) atoms. The van der Waals surface area contributed by atoms with Crippen molar-refractivity contribution in [2.45, 2.75) is 0 Å². The number of hydrogen-bond acceptors (Lipinski definition) is 11. The first-order valence-corrected chi connectivity index (χ1v) is 9.31. The number of non-ortho nitro benzene ring substituents is 1. The Bertz CT molecular complexity index is 1420. The highest BCUT2D eigenvalue weighted by atomic mass is 16.6. The summed E-state index contributed by atoms with van der Waals surface area (Å²) in [5.41, 5.74) is 8.25. The van der Waals surface area contributed by atoms with Crippen LogP contribution in [0.4, 0.5) is 11.5 Å². The molecule has 170 valence electrons. The molecular formula is C19H13N9O6. The van der Waals surface area contributed by atoms with Gasteiger partial charge in [0.05, 0.1) is 16.7 Å². The molecule has 4 rings (SSSR count). The predicted octanol–water partition coefficient (Wildman–Crippen LogP) is 1.27. The fraction of sp³-hybridized carbons (Fsp3) is 0. The van der Waals surface area contributed by atoms with Crippen LogP contribution in [0.3, 0.4) is 0 Å². The van der Waals surface area contributed by atoms with Gasteiger partial charge in [-0.2, -0.15) is 9.78 Å². The summed E-state index contributed by atoms with van der Waals surface area (Å²) in [4.78, 5) is 34.6. The van der Waals surface area contributed by atoms with Crippen molar-refractivity contribution in [3.8, 4) is 17.1 Å². The molecular weight excluding hydrogens is 450 g/mol. The van der Waals surface area contributed by atoms with E-state index in [2.05, 4.69) is 35.8 Å². The SMILES string of the molecule is Nc1nonc1-n1nnc(C(=O)N/N=C/c2ccccc2C(=O)O)c1-c1ccc([N+](=O)[O-])cc1. The third-order valence-electron chi connectivity index (χ3n) is 4.49. The fourth-order valence-corrected chi connectivity index (χ4v) is 2.94. The molecule has 0 saturated carbocycles. The zero-order valence-electron chi connectivity index (χ0n) is 16.9. The number of nitrogens with one attached hydrogen (secondary N) is 1. The number of nitrogen functional groups attached to an aromatic ring is 1. The highest BCUT2D eigenvalue weighted by Gasteiger charge is 2.25. The molecule has 15 nitrogen and oxygen atoms in total. The molecule has 0 saturated heterocycles. The first kappa shape index (κ1) is 21.8. The molecule has 4 N–H and O–H groups in total. The molecule has 0 aliphatic heterocycles. The Morgan fingerprint density at radius 3 is 2.56 bits per heavy atom. The molecule has 15 heteroatoms. The second-order valence-electron chi connectivity index (χ2n) is 6.57. The molecule has 0 bridgehead atoms. The third-order valence-corrected chi connectivity index (χ3v) is 4.49. The van der Waals surface area contributed by atoms with Crippen LogP contribution in [0, 0.1) is 10.1 Å². The fourth-order valence-electron chi connectivity index (χ4n) is 2.94. The van der Waals surface area contributed by atoms with Crippen LogP contribution >= 0.6 is 0 Å². The topological polar surface area (TPSA) is 218 Å². The van der Waals surface area contributed by atoms with Gasteiger partial charge in [0.15, 0.2) is 5.69 Å². The van der Waals surface area contributed by atoms with Crippen LogP contribution in [-0.4, -0.2) is 53.4 Å². The lowest BCUT2D eigenvalue weighted by Gasteiger charge is -2.06. The minimum Gasteiger partial charge on any atom is -0.478 e. The molecule has 2 heterocycles. The highest BCUT2D eigenvalue weighted by Crippen LogP contribution is 2.28. The number of nitrogens with zero attached hydrogens (tertiary/aromatic N) is 7. The summed E-state index contributed by atoms with van der Waals surface area (Å²) in [7, 11) is 0. The van der Waals surface area contributed by atoms with Gasteiger partial charge in [0.25, 0.3) is 11.6 Å². The number of nitrogens with two attached hydrogens (primary N) is 1. The quantitative estimate of drug-likeness (QED) is 0.201. The zero-order valence-corrected chi connectivity index (χ0v) is 16.9. The summed E-state index contributed by atoms with van der Waals surface area (Å²) < 4.78 is 5.67. The Kier molecular flexibility index (Phi) is 5.73. The lowest BCUT2D eigenvalue weighted by atomic mass is 10.1. The summed E-state index contributed by atoms with van der Waals surface area (Å²) in [5, 5.41) is 38.9. The number of carbonyl (C=O) groups excluding carboxylic acids is 1. The van der Waals surface area contributed by atoms with Gasteiger partial charge in [-0.05, 0) is 28.5 Å². The molecule has 0 unspecified atom stereocenters. The van der Waals surface area contributed by atoms with Gasteiger partial charge >= 0.3 is 5.97 Å². The van der Waals surface area contributed by atoms with Crippen LogP contribution < -0.4 is 11.2 Å². The number of aromatic nitrogens is 5. The molecule has 0 radical (unpaired) electrons. The Balaban J connectivity index is 1.70. The van der Waals surface area contributed by atoms with Crippen molar-refractivity contribution < 1.29 is 24.2 Å². The molecule has 0 spiro atoms. The van der Waals surface area contributed by atoms with E-state index in [1.165, 1.54) is 36.4 Å². The number of hydrazone groups is 1. The van der Waals surface area contributed by atoms with Gasteiger partial charge < -0.3 is 10.8 Å². The van der Waals surface area contributed by atoms with Crippen LogP contribution in [-0.2, 0) is 0 Å². The highest BCUT2D eigenvalue weighted by molar-refractivity contribution is 6.00. The average Bonchev–Trinajstić information content (AvgIpc) is 3.45. The van der Waals surface area contributed by atoms with Crippen molar-refractivity contribution in [3.63, 3.8) is 0 Å². The van der Waals surface area contributed by atoms with Crippen molar-refractivity contribution in [3.05, 3.63) is 75.5 Å². The average molecular weight is 463 g/mol. The first-order chi connectivity index (χ1) is 16.4. The van der Waals surface area contributed by atoms with Gasteiger partial charge in [-0.1, -0.05) is 23.4 Å². The van der Waals surface area contributed by atoms with Crippen LogP contribution in [0.5, 0.6) is 0 Å². The van der Waals surface area contributed by atoms with E-state index >= 15 is 0 Å². The molecule has 1 amide bonds. The largest absolute Gasteiger partial charge is 0.478 e. The van der Waals surface area contributed by atoms with Crippen LogP contribution in [0.25, 0.3) is 17.1 Å². The Hall–Kier alpha value is -5.47. The molecule has 0 aliphatic carbocycles. The third kappa shape index (κ3) is 4.15. The summed E-state index contributed by atoms with van der Waals surface area (Å²) in [6, 6.07) is 11.3. The minimum atomic E-state index is -1.16. The number of carboxylic acids is 1. The van der Waals surface area contributed by atoms with Gasteiger partial charge in [0, 0.05) is 23.3 Å². The standard InChI is InChI=1S/C19H13N9O6/c20-16-17(25-34-24-16)27-15(10-5-7-12(8-6-10)28(32)33)14(22-26-27)18(29)23-21-9-11-3-1-2-4-13(11)19(30)31/h1-9H,(H2,20,24)(H,23,29)(H,30,31)/b21-9+. The van der Waals surface area contributed by atoms with Crippen molar-refractivity contribution >= 4 is 29.6 Å². The number of hydrogen-bond donors (Lipinski definition) is 3. The second-order valence-corrected chi connectivity index (χ2v) is 6.57. The number of aromatic carboxylic acids is 1. The zero-order chi connectivity index (χ0) is 24.2. The number of nitro groups is 1. The van der Waals surface area contributed by atoms with E-state index in [1.807, 2.05) is 0 Å². The summed E-state index contributed by atoms with van der Waals surface area (Å²) in [6.07, 6.45) is 1.16. The van der Waals surface area contributed by atoms with Gasteiger partial charge in [-0.15, -0.1) is 5.10 Å². The van der Waals surface area contributed by atoms with Gasteiger partial charge in [-0.3, -0.25) is 14.9 Å². The molecule has 2 aromatic heterocycles. The number of nitro benzene ring substituents is 1. The van der Waals surface area contributed by atoms with Crippen LogP contribution in [0.2, 0.25) is 0 Å². The van der Waals surface area contributed by atoms with Gasteiger partial charge in [-0.25, -0.2) is 14.8 Å². The van der Waals surface area contributed by atoms with Crippen LogP contribution in [0.15, 0.2) is 58.3 Å². The maximum Gasteiger partial charge on any atom is 0.336 e. The smallest absolute Gasteiger partial charge is 0.336 e. The van der Waals surface area contributed by atoms with E-state index in [-0.39, 0.29) is 39.8 Å². The van der Waals surface area contributed by atoms with Crippen molar-refractivity contribution in [1.29, 1.82) is 0 Å². The summed E-state index contributed by atoms with van der Waals surface area (Å²) in [5.74, 6) is -2.16. The number of benzene rings is 2. The number of carboxylic acid groups (broad SMARTS) is 1. The van der Waals surface area contributed by atoms with Crippen LogP contribution in [0.1, 0.15) is 26.4 Å². The molecule has 4 aromatic rings. The summed E-state index contributed by atoms with van der Waals surface area (Å²) in [6.45, 7) is 0. The minimum absolute atomic E-state index is 0.00739. The Morgan fingerprint density at radius 1 is 1.18 bits per heavy atom.